The Balaban J connectivity index is 1.47. The lowest BCUT2D eigenvalue weighted by molar-refractivity contribution is -0.148. The monoisotopic (exact) mass is 455 g/mol. The molecule has 1 aromatic heterocycles. The molecule has 0 fully saturated rings. The molecule has 34 heavy (non-hydrogen) atoms. The van der Waals surface area contributed by atoms with Crippen molar-refractivity contribution in [3.63, 3.8) is 0 Å². The molecule has 3 aromatic carbocycles. The first kappa shape index (κ1) is 23.2. The predicted octanol–water partition coefficient (Wildman–Crippen LogP) is 5.07. The second-order valence-corrected chi connectivity index (χ2v) is 8.61. The molecule has 4 rings (SSSR count). The van der Waals surface area contributed by atoms with Gasteiger partial charge in [0.05, 0.1) is 29.6 Å². The maximum atomic E-state index is 12.8. The number of imidazole rings is 1. The molecule has 1 atom stereocenters. The highest BCUT2D eigenvalue weighted by Gasteiger charge is 2.21. The van der Waals surface area contributed by atoms with Crippen LogP contribution in [0.25, 0.3) is 22.2 Å². The number of ether oxygens (including phenoxy) is 1. The summed E-state index contributed by atoms with van der Waals surface area (Å²) in [5.74, 6) is 0.175. The Bertz CT molecular complexity index is 1280. The molecular weight excluding hydrogens is 426 g/mol. The third kappa shape index (κ3) is 5.52. The van der Waals surface area contributed by atoms with Crippen LogP contribution in [0.2, 0.25) is 0 Å². The van der Waals surface area contributed by atoms with Crippen molar-refractivity contribution in [2.45, 2.75) is 45.9 Å². The molecule has 0 saturated carbocycles. The van der Waals surface area contributed by atoms with Gasteiger partial charge in [0, 0.05) is 0 Å². The SMILES string of the molecule is CC(C)OC(=O)Cn1c(C(C)NC(=O)Cc2ccc(-c3ccccc3)cc2)nc2ccccc21. The number of carbonyl (C=O) groups excluding carboxylic acids is 2. The van der Waals surface area contributed by atoms with E-state index in [2.05, 4.69) is 17.4 Å². The lowest BCUT2D eigenvalue weighted by atomic mass is 10.0. The fraction of sp³-hybridized carbons (Fsp3) is 0.250. The molecule has 0 aliphatic heterocycles. The number of hydrogen-bond donors (Lipinski definition) is 1. The Kier molecular flexibility index (Phi) is 7.07. The average Bonchev–Trinajstić information content (AvgIpc) is 3.18. The number of esters is 1. The number of fused-ring (bicyclic) bond motifs is 1. The van der Waals surface area contributed by atoms with E-state index < -0.39 is 0 Å². The van der Waals surface area contributed by atoms with E-state index in [1.54, 1.807) is 0 Å². The van der Waals surface area contributed by atoms with Crippen LogP contribution >= 0.6 is 0 Å². The molecule has 174 valence electrons. The van der Waals surface area contributed by atoms with Gasteiger partial charge < -0.3 is 14.6 Å². The highest BCUT2D eigenvalue weighted by Crippen LogP contribution is 2.22. The fourth-order valence-corrected chi connectivity index (χ4v) is 4.01. The number of nitrogens with zero attached hydrogens (tertiary/aromatic N) is 2. The van der Waals surface area contributed by atoms with Crippen molar-refractivity contribution in [3.8, 4) is 11.1 Å². The van der Waals surface area contributed by atoms with E-state index in [9.17, 15) is 9.59 Å². The van der Waals surface area contributed by atoms with E-state index in [4.69, 9.17) is 9.72 Å². The van der Waals surface area contributed by atoms with Crippen LogP contribution in [0.1, 0.15) is 38.2 Å². The zero-order valence-corrected chi connectivity index (χ0v) is 19.7. The van der Waals surface area contributed by atoms with Gasteiger partial charge in [-0.3, -0.25) is 9.59 Å². The van der Waals surface area contributed by atoms with E-state index in [0.29, 0.717) is 5.82 Å². The highest BCUT2D eigenvalue weighted by molar-refractivity contribution is 5.81. The van der Waals surface area contributed by atoms with E-state index in [0.717, 1.165) is 27.7 Å². The van der Waals surface area contributed by atoms with E-state index in [1.165, 1.54) is 0 Å². The van der Waals surface area contributed by atoms with Crippen LogP contribution in [0.3, 0.4) is 0 Å². The number of nitrogens with one attached hydrogen (secondary N) is 1. The number of aromatic nitrogens is 2. The van der Waals surface area contributed by atoms with Crippen LogP contribution < -0.4 is 5.32 Å². The third-order valence-electron chi connectivity index (χ3n) is 5.53. The molecule has 6 nitrogen and oxygen atoms in total. The van der Waals surface area contributed by atoms with Crippen LogP contribution in [0.5, 0.6) is 0 Å². The summed E-state index contributed by atoms with van der Waals surface area (Å²) in [6.45, 7) is 5.55. The molecule has 6 heteroatoms. The van der Waals surface area contributed by atoms with Crippen molar-refractivity contribution in [3.05, 3.63) is 90.3 Å². The lowest BCUT2D eigenvalue weighted by Gasteiger charge is -2.17. The summed E-state index contributed by atoms with van der Waals surface area (Å²) in [6, 6.07) is 25.4. The molecule has 0 aliphatic carbocycles. The third-order valence-corrected chi connectivity index (χ3v) is 5.53. The average molecular weight is 456 g/mol. The summed E-state index contributed by atoms with van der Waals surface area (Å²) >= 11 is 0. The number of hydrogen-bond acceptors (Lipinski definition) is 4. The minimum Gasteiger partial charge on any atom is -0.462 e. The van der Waals surface area contributed by atoms with Gasteiger partial charge in [0.15, 0.2) is 0 Å². The number of benzene rings is 3. The summed E-state index contributed by atoms with van der Waals surface area (Å²) in [7, 11) is 0. The van der Waals surface area contributed by atoms with Gasteiger partial charge in [0.1, 0.15) is 12.4 Å². The molecule has 0 bridgehead atoms. The van der Waals surface area contributed by atoms with Gasteiger partial charge in [0.25, 0.3) is 0 Å². The van der Waals surface area contributed by atoms with Gasteiger partial charge in [-0.25, -0.2) is 4.98 Å². The molecule has 1 amide bonds. The quantitative estimate of drug-likeness (QED) is 0.376. The van der Waals surface area contributed by atoms with E-state index >= 15 is 0 Å². The summed E-state index contributed by atoms with van der Waals surface area (Å²) < 4.78 is 7.15. The van der Waals surface area contributed by atoms with Crippen LogP contribution in [-0.4, -0.2) is 27.5 Å². The predicted molar refractivity (Wildman–Crippen MR) is 133 cm³/mol. The van der Waals surface area contributed by atoms with Crippen molar-refractivity contribution in [2.75, 3.05) is 0 Å². The maximum Gasteiger partial charge on any atom is 0.326 e. The number of carbonyl (C=O) groups is 2. The van der Waals surface area contributed by atoms with Gasteiger partial charge in [-0.15, -0.1) is 0 Å². The Hall–Kier alpha value is -3.93. The van der Waals surface area contributed by atoms with Crippen LogP contribution in [-0.2, 0) is 27.3 Å². The number of para-hydroxylation sites is 2. The Morgan fingerprint density at radius 2 is 1.53 bits per heavy atom. The van der Waals surface area contributed by atoms with E-state index in [1.807, 2.05) is 92.1 Å². The van der Waals surface area contributed by atoms with Gasteiger partial charge >= 0.3 is 5.97 Å². The topological polar surface area (TPSA) is 73.2 Å². The molecular formula is C28H29N3O3. The minimum atomic E-state index is -0.379. The second kappa shape index (κ2) is 10.3. The van der Waals surface area contributed by atoms with Crippen molar-refractivity contribution in [1.29, 1.82) is 0 Å². The zero-order valence-electron chi connectivity index (χ0n) is 19.7. The highest BCUT2D eigenvalue weighted by atomic mass is 16.5. The van der Waals surface area contributed by atoms with Gasteiger partial charge in [-0.2, -0.15) is 0 Å². The largest absolute Gasteiger partial charge is 0.462 e. The van der Waals surface area contributed by atoms with Gasteiger partial charge in [-0.1, -0.05) is 66.7 Å². The normalized spacial score (nSPS) is 12.0. The first-order chi connectivity index (χ1) is 16.4. The van der Waals surface area contributed by atoms with Crippen LogP contribution in [0.4, 0.5) is 0 Å². The number of rotatable bonds is 8. The molecule has 1 heterocycles. The molecule has 1 unspecified atom stereocenters. The fourth-order valence-electron chi connectivity index (χ4n) is 4.01. The Morgan fingerprint density at radius 1 is 0.882 bits per heavy atom. The van der Waals surface area contributed by atoms with E-state index in [-0.39, 0.29) is 37.0 Å². The zero-order chi connectivity index (χ0) is 24.1. The molecule has 0 saturated heterocycles. The van der Waals surface area contributed by atoms with Crippen molar-refractivity contribution >= 4 is 22.9 Å². The molecule has 0 spiro atoms. The summed E-state index contributed by atoms with van der Waals surface area (Å²) in [6.07, 6.45) is 0.0609. The molecule has 4 aromatic rings. The Labute approximate surface area is 199 Å². The minimum absolute atomic E-state index is 0.0369. The van der Waals surface area contributed by atoms with Crippen LogP contribution in [0.15, 0.2) is 78.9 Å². The first-order valence-electron chi connectivity index (χ1n) is 11.5. The Morgan fingerprint density at radius 3 is 2.24 bits per heavy atom. The van der Waals surface area contributed by atoms with Gasteiger partial charge in [0.2, 0.25) is 5.91 Å². The standard InChI is InChI=1S/C28H29N3O3/c1-19(2)34-27(33)18-31-25-12-8-7-11-24(25)30-28(31)20(3)29-26(32)17-21-13-15-23(16-14-21)22-9-5-4-6-10-22/h4-16,19-20H,17-18H2,1-3H3,(H,29,32). The number of amides is 1. The summed E-state index contributed by atoms with van der Waals surface area (Å²) in [5, 5.41) is 3.03. The lowest BCUT2D eigenvalue weighted by Crippen LogP contribution is -2.30. The molecule has 0 aliphatic rings. The smallest absolute Gasteiger partial charge is 0.326 e. The van der Waals surface area contributed by atoms with Crippen molar-refractivity contribution in [2.24, 2.45) is 0 Å². The van der Waals surface area contributed by atoms with Gasteiger partial charge in [-0.05, 0) is 49.6 Å². The summed E-state index contributed by atoms with van der Waals surface area (Å²) in [5.41, 5.74) is 4.78. The van der Waals surface area contributed by atoms with Crippen LogP contribution in [0, 0.1) is 0 Å². The molecule has 1 N–H and O–H groups in total. The first-order valence-corrected chi connectivity index (χ1v) is 11.5. The molecule has 0 radical (unpaired) electrons. The van der Waals surface area contributed by atoms with Crippen molar-refractivity contribution in [1.82, 2.24) is 14.9 Å². The maximum absolute atomic E-state index is 12.8. The second-order valence-electron chi connectivity index (χ2n) is 8.61. The summed E-state index contributed by atoms with van der Waals surface area (Å²) in [4.78, 5) is 29.9. The van der Waals surface area contributed by atoms with Crippen molar-refractivity contribution < 1.29 is 14.3 Å².